The number of nitrogens with zero attached hydrogens (tertiary/aromatic N) is 2. The number of nitrogens with one attached hydrogen (secondary N) is 2. The highest BCUT2D eigenvalue weighted by molar-refractivity contribution is 5.96. The van der Waals surface area contributed by atoms with Crippen LogP contribution in [0.15, 0.2) is 36.4 Å². The molecule has 6 nitrogen and oxygen atoms in total. The van der Waals surface area contributed by atoms with Crippen LogP contribution >= 0.6 is 0 Å². The number of anilines is 2. The Bertz CT molecular complexity index is 899. The minimum absolute atomic E-state index is 0.00261. The van der Waals surface area contributed by atoms with Crippen molar-refractivity contribution < 1.29 is 9.59 Å². The first kappa shape index (κ1) is 25.6. The van der Waals surface area contributed by atoms with Crippen LogP contribution in [0.25, 0.3) is 0 Å². The summed E-state index contributed by atoms with van der Waals surface area (Å²) in [7, 11) is 5.79. The van der Waals surface area contributed by atoms with Gasteiger partial charge in [-0.05, 0) is 90.5 Å². The molecule has 0 aliphatic heterocycles. The molecule has 174 valence electrons. The second-order valence-corrected chi connectivity index (χ2v) is 8.93. The predicted octanol–water partition coefficient (Wildman–Crippen LogP) is 4.14. The summed E-state index contributed by atoms with van der Waals surface area (Å²) in [5, 5.41) is 6.14. The first-order valence-corrected chi connectivity index (χ1v) is 11.2. The number of benzene rings is 2. The monoisotopic (exact) mass is 438 g/mol. The summed E-state index contributed by atoms with van der Waals surface area (Å²) in [6, 6.07) is 11.8. The molecule has 6 heteroatoms. The normalized spacial score (nSPS) is 12.2. The topological polar surface area (TPSA) is 64.7 Å². The highest BCUT2D eigenvalue weighted by Crippen LogP contribution is 2.21. The first-order chi connectivity index (χ1) is 15.1. The Hall–Kier alpha value is -2.70. The lowest BCUT2D eigenvalue weighted by Crippen LogP contribution is -2.40. The molecule has 0 saturated heterocycles. The van der Waals surface area contributed by atoms with E-state index >= 15 is 0 Å². The number of hydrogen-bond acceptors (Lipinski definition) is 4. The van der Waals surface area contributed by atoms with E-state index in [2.05, 4.69) is 10.6 Å². The van der Waals surface area contributed by atoms with Crippen molar-refractivity contribution in [2.75, 3.05) is 44.9 Å². The van der Waals surface area contributed by atoms with Gasteiger partial charge in [-0.25, -0.2) is 0 Å². The Morgan fingerprint density at radius 1 is 0.812 bits per heavy atom. The lowest BCUT2D eigenvalue weighted by molar-refractivity contribution is -0.121. The fourth-order valence-electron chi connectivity index (χ4n) is 3.91. The number of amides is 2. The Morgan fingerprint density at radius 2 is 1.28 bits per heavy atom. The molecule has 1 atom stereocenters. The van der Waals surface area contributed by atoms with Gasteiger partial charge >= 0.3 is 0 Å². The molecule has 0 aliphatic rings. The largest absolute Gasteiger partial charge is 0.324 e. The van der Waals surface area contributed by atoms with Crippen molar-refractivity contribution >= 4 is 23.2 Å². The summed E-state index contributed by atoms with van der Waals surface area (Å²) in [5.74, 6) is -0.0235. The zero-order valence-electron chi connectivity index (χ0n) is 20.6. The van der Waals surface area contributed by atoms with Gasteiger partial charge < -0.3 is 10.6 Å². The van der Waals surface area contributed by atoms with E-state index in [-0.39, 0.29) is 17.9 Å². The van der Waals surface area contributed by atoms with Crippen LogP contribution in [0.1, 0.15) is 35.1 Å². The predicted molar refractivity (Wildman–Crippen MR) is 133 cm³/mol. The minimum atomic E-state index is -0.231. The molecule has 0 saturated carbocycles. The van der Waals surface area contributed by atoms with Gasteiger partial charge in [0, 0.05) is 11.4 Å². The van der Waals surface area contributed by atoms with E-state index in [4.69, 9.17) is 0 Å². The van der Waals surface area contributed by atoms with Crippen molar-refractivity contribution in [1.29, 1.82) is 0 Å². The third kappa shape index (κ3) is 7.18. The van der Waals surface area contributed by atoms with Crippen LogP contribution < -0.4 is 10.6 Å². The van der Waals surface area contributed by atoms with Crippen LogP contribution in [0, 0.1) is 27.7 Å². The standard InChI is InChI=1S/C26H38N4O2/c1-18-11-8-12-19(2)24(18)27-23(31)17-30(7)16-10-15-22(29(5)6)26(32)28-25-20(3)13-9-14-21(25)4/h8-9,11-14,22H,10,15-17H2,1-7H3,(H,27,31)(H,28,32). The van der Waals surface area contributed by atoms with E-state index in [9.17, 15) is 9.59 Å². The van der Waals surface area contributed by atoms with Crippen LogP contribution in [0.4, 0.5) is 11.4 Å². The summed E-state index contributed by atoms with van der Waals surface area (Å²) in [6.45, 7) is 9.06. The molecule has 2 rings (SSSR count). The number of carbonyl (C=O) groups is 2. The zero-order valence-corrected chi connectivity index (χ0v) is 20.6. The summed E-state index contributed by atoms with van der Waals surface area (Å²) in [6.07, 6.45) is 1.53. The number of likely N-dealkylation sites (N-methyl/N-ethyl adjacent to an activating group) is 2. The van der Waals surface area contributed by atoms with Gasteiger partial charge in [0.05, 0.1) is 12.6 Å². The third-order valence-electron chi connectivity index (χ3n) is 5.83. The summed E-state index contributed by atoms with van der Waals surface area (Å²) in [4.78, 5) is 29.4. The number of aryl methyl sites for hydroxylation is 4. The van der Waals surface area contributed by atoms with Gasteiger partial charge in [0.2, 0.25) is 11.8 Å². The number of rotatable bonds is 10. The highest BCUT2D eigenvalue weighted by atomic mass is 16.2. The number of hydrogen-bond donors (Lipinski definition) is 2. The first-order valence-electron chi connectivity index (χ1n) is 11.2. The molecular weight excluding hydrogens is 400 g/mol. The Labute approximate surface area is 193 Å². The molecule has 0 bridgehead atoms. The molecule has 2 aromatic rings. The fraction of sp³-hybridized carbons (Fsp3) is 0.462. The van der Waals surface area contributed by atoms with Crippen molar-refractivity contribution in [3.05, 3.63) is 58.7 Å². The molecule has 0 aromatic heterocycles. The molecule has 0 heterocycles. The summed E-state index contributed by atoms with van der Waals surface area (Å²) < 4.78 is 0. The Kier molecular flexibility index (Phi) is 9.42. The van der Waals surface area contributed by atoms with Crippen molar-refractivity contribution in [3.8, 4) is 0 Å². The summed E-state index contributed by atoms with van der Waals surface area (Å²) >= 11 is 0. The van der Waals surface area contributed by atoms with Crippen molar-refractivity contribution in [1.82, 2.24) is 9.80 Å². The molecule has 1 unspecified atom stereocenters. The van der Waals surface area contributed by atoms with E-state index in [0.717, 1.165) is 46.6 Å². The van der Waals surface area contributed by atoms with E-state index in [1.54, 1.807) is 0 Å². The van der Waals surface area contributed by atoms with Gasteiger partial charge in [0.15, 0.2) is 0 Å². The zero-order chi connectivity index (χ0) is 23.8. The van der Waals surface area contributed by atoms with Crippen molar-refractivity contribution in [2.45, 2.75) is 46.6 Å². The molecule has 0 spiro atoms. The fourth-order valence-corrected chi connectivity index (χ4v) is 3.91. The Balaban J connectivity index is 1.86. The van der Waals surface area contributed by atoms with Crippen LogP contribution in [0.3, 0.4) is 0 Å². The average molecular weight is 439 g/mol. The van der Waals surface area contributed by atoms with E-state index in [1.807, 2.05) is 95.0 Å². The molecule has 0 fully saturated rings. The molecule has 2 amide bonds. The van der Waals surface area contributed by atoms with Gasteiger partial charge in [-0.15, -0.1) is 0 Å². The second kappa shape index (κ2) is 11.8. The van der Waals surface area contributed by atoms with Gasteiger partial charge in [-0.1, -0.05) is 36.4 Å². The summed E-state index contributed by atoms with van der Waals surface area (Å²) in [5.41, 5.74) is 6.02. The van der Waals surface area contributed by atoms with E-state index in [0.29, 0.717) is 13.0 Å². The SMILES string of the molecule is Cc1cccc(C)c1NC(=O)CN(C)CCCC(C(=O)Nc1c(C)cccc1C)N(C)C. The van der Waals surface area contributed by atoms with Crippen molar-refractivity contribution in [3.63, 3.8) is 0 Å². The molecule has 0 aliphatic carbocycles. The van der Waals surface area contributed by atoms with Crippen LogP contribution in [-0.2, 0) is 9.59 Å². The van der Waals surface area contributed by atoms with Gasteiger partial charge in [0.25, 0.3) is 0 Å². The Morgan fingerprint density at radius 3 is 1.75 bits per heavy atom. The van der Waals surface area contributed by atoms with Gasteiger partial charge in [-0.2, -0.15) is 0 Å². The number of para-hydroxylation sites is 2. The quantitative estimate of drug-likeness (QED) is 0.585. The maximum atomic E-state index is 12.9. The van der Waals surface area contributed by atoms with Crippen molar-refractivity contribution in [2.24, 2.45) is 0 Å². The average Bonchev–Trinajstić information content (AvgIpc) is 2.70. The molecular formula is C26H38N4O2. The maximum Gasteiger partial charge on any atom is 0.241 e. The number of carbonyl (C=O) groups excluding carboxylic acids is 2. The lowest BCUT2D eigenvalue weighted by Gasteiger charge is -2.25. The van der Waals surface area contributed by atoms with Gasteiger partial charge in [0.1, 0.15) is 0 Å². The molecule has 2 aromatic carbocycles. The molecule has 2 N–H and O–H groups in total. The van der Waals surface area contributed by atoms with Crippen LogP contribution in [-0.4, -0.2) is 61.9 Å². The molecule has 32 heavy (non-hydrogen) atoms. The minimum Gasteiger partial charge on any atom is -0.324 e. The molecule has 0 radical (unpaired) electrons. The highest BCUT2D eigenvalue weighted by Gasteiger charge is 2.22. The lowest BCUT2D eigenvalue weighted by atomic mass is 10.1. The smallest absolute Gasteiger partial charge is 0.241 e. The van der Waals surface area contributed by atoms with Crippen LogP contribution in [0.5, 0.6) is 0 Å². The third-order valence-corrected chi connectivity index (χ3v) is 5.83. The second-order valence-electron chi connectivity index (χ2n) is 8.93. The van der Waals surface area contributed by atoms with E-state index < -0.39 is 0 Å². The van der Waals surface area contributed by atoms with Crippen LogP contribution in [0.2, 0.25) is 0 Å². The van der Waals surface area contributed by atoms with E-state index in [1.165, 1.54) is 0 Å². The maximum absolute atomic E-state index is 12.9. The van der Waals surface area contributed by atoms with Gasteiger partial charge in [-0.3, -0.25) is 19.4 Å².